The molecule has 8 nitrogen and oxygen atoms in total. The van der Waals surface area contributed by atoms with Crippen LogP contribution in [0, 0.1) is 10.1 Å². The van der Waals surface area contributed by atoms with Crippen LogP contribution in [0.1, 0.15) is 25.6 Å². The van der Waals surface area contributed by atoms with Crippen molar-refractivity contribution in [3.05, 3.63) is 39.6 Å². The smallest absolute Gasteiger partial charge is 0.289 e. The second kappa shape index (κ2) is 6.49. The third kappa shape index (κ3) is 3.66. The summed E-state index contributed by atoms with van der Waals surface area (Å²) in [5.41, 5.74) is -0.133. The van der Waals surface area contributed by atoms with E-state index in [2.05, 4.69) is 20.5 Å². The summed E-state index contributed by atoms with van der Waals surface area (Å²) < 4.78 is 1.94. The predicted molar refractivity (Wildman–Crippen MR) is 78.5 cm³/mol. The highest BCUT2D eigenvalue weighted by atomic mass is 35.5. The molecule has 2 rings (SSSR count). The molecule has 21 heavy (non-hydrogen) atoms. The van der Waals surface area contributed by atoms with Gasteiger partial charge >= 0.3 is 0 Å². The average molecular weight is 311 g/mol. The first-order valence-electron chi connectivity index (χ1n) is 6.40. The van der Waals surface area contributed by atoms with E-state index >= 15 is 0 Å². The highest BCUT2D eigenvalue weighted by Crippen LogP contribution is 2.23. The van der Waals surface area contributed by atoms with Crippen molar-refractivity contribution in [3.63, 3.8) is 0 Å². The van der Waals surface area contributed by atoms with E-state index in [0.717, 1.165) is 5.82 Å². The average Bonchev–Trinajstić information content (AvgIpc) is 2.89. The molecule has 2 aromatic heterocycles. The van der Waals surface area contributed by atoms with E-state index < -0.39 is 4.92 Å². The van der Waals surface area contributed by atoms with E-state index in [4.69, 9.17) is 11.6 Å². The van der Waals surface area contributed by atoms with Gasteiger partial charge in [0.2, 0.25) is 0 Å². The third-order valence-electron chi connectivity index (χ3n) is 2.84. The summed E-state index contributed by atoms with van der Waals surface area (Å²) in [6, 6.07) is 1.27. The molecule has 0 fully saturated rings. The lowest BCUT2D eigenvalue weighted by molar-refractivity contribution is -0.385. The van der Waals surface area contributed by atoms with Crippen LogP contribution >= 0.6 is 11.6 Å². The van der Waals surface area contributed by atoms with Gasteiger partial charge in [0.15, 0.2) is 0 Å². The Labute approximate surface area is 126 Å². The molecule has 2 heterocycles. The van der Waals surface area contributed by atoms with Gasteiger partial charge in [-0.15, -0.1) is 10.2 Å². The zero-order chi connectivity index (χ0) is 15.4. The van der Waals surface area contributed by atoms with Crippen molar-refractivity contribution in [1.82, 2.24) is 19.7 Å². The van der Waals surface area contributed by atoms with E-state index in [1.807, 2.05) is 18.4 Å². The molecule has 0 amide bonds. The molecule has 0 aromatic carbocycles. The fourth-order valence-electron chi connectivity index (χ4n) is 1.84. The quantitative estimate of drug-likeness (QED) is 0.650. The molecule has 0 saturated carbocycles. The fraction of sp³-hybridized carbons (Fsp3) is 0.417. The Bertz CT molecular complexity index is 642. The van der Waals surface area contributed by atoms with E-state index in [1.54, 1.807) is 6.33 Å². The number of nitro groups is 1. The molecule has 0 bridgehead atoms. The molecule has 0 saturated heterocycles. The monoisotopic (exact) mass is 310 g/mol. The maximum atomic E-state index is 10.6. The Morgan fingerprint density at radius 3 is 2.90 bits per heavy atom. The Morgan fingerprint density at radius 2 is 2.29 bits per heavy atom. The standard InChI is InChI=1S/C12H15ClN6O2/c1-8(2)12-17-16-7-18(12)4-3-14-11-10(13)5-9(6-15-11)19(20)21/h5-8H,3-4H2,1-2H3,(H,14,15). The molecule has 9 heteroatoms. The van der Waals surface area contributed by atoms with E-state index in [1.165, 1.54) is 12.3 Å². The molecular formula is C12H15ClN6O2. The Hall–Kier alpha value is -2.22. The Kier molecular flexibility index (Phi) is 4.69. The maximum Gasteiger partial charge on any atom is 0.289 e. The van der Waals surface area contributed by atoms with Gasteiger partial charge in [0.1, 0.15) is 24.2 Å². The number of pyridine rings is 1. The largest absolute Gasteiger partial charge is 0.367 e. The minimum Gasteiger partial charge on any atom is -0.367 e. The Morgan fingerprint density at radius 1 is 1.52 bits per heavy atom. The number of halogens is 1. The molecule has 0 spiro atoms. The van der Waals surface area contributed by atoms with Gasteiger partial charge in [-0.05, 0) is 0 Å². The van der Waals surface area contributed by atoms with E-state index in [0.29, 0.717) is 18.9 Å². The molecule has 2 aromatic rings. The first-order chi connectivity index (χ1) is 9.99. The molecule has 0 aliphatic heterocycles. The van der Waals surface area contributed by atoms with Crippen LogP contribution in [0.3, 0.4) is 0 Å². The molecule has 0 aliphatic rings. The summed E-state index contributed by atoms with van der Waals surface area (Å²) in [5, 5.41) is 21.8. The third-order valence-corrected chi connectivity index (χ3v) is 3.13. The number of aromatic nitrogens is 4. The zero-order valence-corrected chi connectivity index (χ0v) is 12.4. The highest BCUT2D eigenvalue weighted by molar-refractivity contribution is 6.33. The molecule has 0 radical (unpaired) electrons. The normalized spacial score (nSPS) is 10.9. The predicted octanol–water partition coefficient (Wildman–Crippen LogP) is 2.47. The van der Waals surface area contributed by atoms with Crippen molar-refractivity contribution in [1.29, 1.82) is 0 Å². The van der Waals surface area contributed by atoms with Crippen LogP contribution in [0.5, 0.6) is 0 Å². The summed E-state index contributed by atoms with van der Waals surface area (Å²) in [4.78, 5) is 14.0. The second-order valence-electron chi connectivity index (χ2n) is 4.75. The zero-order valence-electron chi connectivity index (χ0n) is 11.7. The van der Waals surface area contributed by atoms with E-state index in [-0.39, 0.29) is 16.6 Å². The van der Waals surface area contributed by atoms with Crippen LogP contribution in [-0.4, -0.2) is 31.2 Å². The summed E-state index contributed by atoms with van der Waals surface area (Å²) in [5.74, 6) is 1.61. The van der Waals surface area contributed by atoms with Crippen molar-refractivity contribution in [2.24, 2.45) is 0 Å². The SMILES string of the molecule is CC(C)c1nncn1CCNc1ncc([N+](=O)[O-])cc1Cl. The maximum absolute atomic E-state index is 10.6. The van der Waals surface area contributed by atoms with Gasteiger partial charge < -0.3 is 9.88 Å². The van der Waals surface area contributed by atoms with Crippen molar-refractivity contribution >= 4 is 23.1 Å². The minimum atomic E-state index is -0.533. The van der Waals surface area contributed by atoms with Gasteiger partial charge in [-0.3, -0.25) is 10.1 Å². The fourth-order valence-corrected chi connectivity index (χ4v) is 2.06. The van der Waals surface area contributed by atoms with Crippen LogP contribution in [0.4, 0.5) is 11.5 Å². The highest BCUT2D eigenvalue weighted by Gasteiger charge is 2.11. The van der Waals surface area contributed by atoms with E-state index in [9.17, 15) is 10.1 Å². The minimum absolute atomic E-state index is 0.133. The van der Waals surface area contributed by atoms with Crippen molar-refractivity contribution in [2.45, 2.75) is 26.3 Å². The van der Waals surface area contributed by atoms with Crippen LogP contribution in [0.15, 0.2) is 18.6 Å². The molecule has 0 unspecified atom stereocenters. The summed E-state index contributed by atoms with van der Waals surface area (Å²) in [7, 11) is 0. The van der Waals surface area contributed by atoms with Crippen molar-refractivity contribution in [3.8, 4) is 0 Å². The van der Waals surface area contributed by atoms with Crippen LogP contribution < -0.4 is 5.32 Å². The number of hydrogen-bond donors (Lipinski definition) is 1. The van der Waals surface area contributed by atoms with Gasteiger partial charge in [0.25, 0.3) is 5.69 Å². The first kappa shape index (κ1) is 15.2. The summed E-state index contributed by atoms with van der Waals surface area (Å²) in [6.07, 6.45) is 2.84. The number of hydrogen-bond acceptors (Lipinski definition) is 6. The molecule has 0 atom stereocenters. The molecule has 112 valence electrons. The van der Waals surface area contributed by atoms with Crippen LogP contribution in [0.2, 0.25) is 5.02 Å². The lowest BCUT2D eigenvalue weighted by Crippen LogP contribution is -2.14. The number of anilines is 1. The summed E-state index contributed by atoms with van der Waals surface area (Å²) >= 11 is 5.95. The molecular weight excluding hydrogens is 296 g/mol. The van der Waals surface area contributed by atoms with Crippen molar-refractivity contribution < 1.29 is 4.92 Å². The van der Waals surface area contributed by atoms with Crippen LogP contribution in [0.25, 0.3) is 0 Å². The topological polar surface area (TPSA) is 98.8 Å². The van der Waals surface area contributed by atoms with Gasteiger partial charge in [0, 0.05) is 25.1 Å². The Balaban J connectivity index is 1.97. The number of nitrogens with one attached hydrogen (secondary N) is 1. The molecule has 1 N–H and O–H groups in total. The van der Waals surface area contributed by atoms with Gasteiger partial charge in [-0.1, -0.05) is 25.4 Å². The van der Waals surface area contributed by atoms with Gasteiger partial charge in [0.05, 0.1) is 9.95 Å². The summed E-state index contributed by atoms with van der Waals surface area (Å²) in [6.45, 7) is 5.29. The van der Waals surface area contributed by atoms with Gasteiger partial charge in [-0.2, -0.15) is 0 Å². The van der Waals surface area contributed by atoms with Crippen LogP contribution in [-0.2, 0) is 6.54 Å². The lowest BCUT2D eigenvalue weighted by atomic mass is 10.2. The molecule has 0 aliphatic carbocycles. The second-order valence-corrected chi connectivity index (χ2v) is 5.15. The first-order valence-corrected chi connectivity index (χ1v) is 6.78. The van der Waals surface area contributed by atoms with Gasteiger partial charge in [-0.25, -0.2) is 4.98 Å². The van der Waals surface area contributed by atoms with Crippen molar-refractivity contribution in [2.75, 3.05) is 11.9 Å². The lowest BCUT2D eigenvalue weighted by Gasteiger charge is -2.10. The number of rotatable bonds is 6. The number of nitrogens with zero attached hydrogens (tertiary/aromatic N) is 5.